The van der Waals surface area contributed by atoms with Crippen molar-refractivity contribution < 1.29 is 24.5 Å². The molecule has 4 heterocycles. The van der Waals surface area contributed by atoms with Gasteiger partial charge in [0.05, 0.1) is 6.33 Å². The molecule has 266 valence electrons. The lowest BCUT2D eigenvalue weighted by Gasteiger charge is -2.33. The number of fused-ring (bicyclic) bond motifs is 1. The Morgan fingerprint density at radius 1 is 0.940 bits per heavy atom. The van der Waals surface area contributed by atoms with Crippen LogP contribution in [0, 0.1) is 11.8 Å². The van der Waals surface area contributed by atoms with Gasteiger partial charge >= 0.3 is 0 Å². The molecule has 2 aromatic heterocycles. The number of piperidine rings is 1. The fourth-order valence-electron chi connectivity index (χ4n) is 6.96. The third kappa shape index (κ3) is 7.81. The molecule has 6 rings (SSSR count). The van der Waals surface area contributed by atoms with Crippen molar-refractivity contribution in [2.24, 2.45) is 11.8 Å². The molecule has 2 aliphatic heterocycles. The van der Waals surface area contributed by atoms with E-state index in [-0.39, 0.29) is 17.4 Å². The molecule has 2 fully saturated rings. The Morgan fingerprint density at radius 3 is 2.22 bits per heavy atom. The van der Waals surface area contributed by atoms with Crippen LogP contribution < -0.4 is 16.0 Å². The Bertz CT molecular complexity index is 1690. The fourth-order valence-corrected chi connectivity index (χ4v) is 6.96. The van der Waals surface area contributed by atoms with Crippen molar-refractivity contribution in [3.8, 4) is 0 Å². The van der Waals surface area contributed by atoms with Gasteiger partial charge in [-0.1, -0.05) is 74.5 Å². The lowest BCUT2D eigenvalue weighted by atomic mass is 9.87. The smallest absolute Gasteiger partial charge is 0.289 e. The summed E-state index contributed by atoms with van der Waals surface area (Å²) < 4.78 is 7.33. The molecule has 4 atom stereocenters. The van der Waals surface area contributed by atoms with Crippen LogP contribution in [-0.4, -0.2) is 104 Å². The van der Waals surface area contributed by atoms with Crippen LogP contribution in [0.3, 0.4) is 0 Å². The van der Waals surface area contributed by atoms with E-state index >= 15 is 0 Å². The molecule has 2 aromatic carbocycles. The number of benzene rings is 2. The van der Waals surface area contributed by atoms with Crippen LogP contribution in [0.15, 0.2) is 67.0 Å². The first-order valence-electron chi connectivity index (χ1n) is 17.6. The number of aliphatic hydroxyl groups excluding tert-OH is 2. The first kappa shape index (κ1) is 35.4. The minimum atomic E-state index is -1.48. The Labute approximate surface area is 292 Å². The Balaban J connectivity index is 1.27. The summed E-state index contributed by atoms with van der Waals surface area (Å²) in [6, 6.07) is 20.2. The van der Waals surface area contributed by atoms with E-state index in [2.05, 4.69) is 73.9 Å². The topological polar surface area (TPSA) is 167 Å². The monoisotopic (exact) mass is 684 g/mol. The number of amides is 2. The largest absolute Gasteiger partial charge is 0.387 e. The molecule has 4 aromatic rings. The molecule has 0 bridgehead atoms. The first-order chi connectivity index (χ1) is 24.2. The first-order valence-corrected chi connectivity index (χ1v) is 17.6. The van der Waals surface area contributed by atoms with Gasteiger partial charge in [-0.15, -0.1) is 0 Å². The number of likely N-dealkylation sites (tertiary alicyclic amines) is 1. The number of hydrogen-bond acceptors (Lipinski definition) is 10. The number of carbonyl (C=O) groups excluding carboxylic acids is 2. The number of ether oxygens (including phenoxy) is 1. The standard InChI is InChI=1S/C37H48N8O5/c1-4-38-35(48)31-29(46)30(47)37(50-31)45-22-41-28-32(40-21-27(25-11-7-5-8-12-25)26-13-9-6-10-14-26)42-33(43-34(28)45)36(49)39-17-20-44-18-15-24(16-19-44)23(2)3/h5-14,22-24,27,29-31,37,46-47H,4,15-21H2,1-3H3,(H,38,48)(H,39,49)(H,40,42,43)/t29-,30+,31-,37+/m0/s1. The molecule has 2 aliphatic rings. The highest BCUT2D eigenvalue weighted by Gasteiger charge is 2.47. The van der Waals surface area contributed by atoms with Gasteiger partial charge in [0, 0.05) is 32.1 Å². The maximum atomic E-state index is 13.6. The van der Waals surface area contributed by atoms with E-state index in [9.17, 15) is 19.8 Å². The van der Waals surface area contributed by atoms with Gasteiger partial charge in [0.15, 0.2) is 29.3 Å². The minimum absolute atomic E-state index is 0.0467. The van der Waals surface area contributed by atoms with Crippen molar-refractivity contribution in [1.29, 1.82) is 0 Å². The summed E-state index contributed by atoms with van der Waals surface area (Å²) in [5, 5.41) is 30.8. The van der Waals surface area contributed by atoms with E-state index in [0.717, 1.165) is 49.5 Å². The van der Waals surface area contributed by atoms with Gasteiger partial charge in [-0.2, -0.15) is 0 Å². The lowest BCUT2D eigenvalue weighted by Crippen LogP contribution is -2.42. The summed E-state index contributed by atoms with van der Waals surface area (Å²) in [6.45, 7) is 10.2. The van der Waals surface area contributed by atoms with Gasteiger partial charge in [0.1, 0.15) is 12.2 Å². The summed E-state index contributed by atoms with van der Waals surface area (Å²) in [4.78, 5) is 42.4. The summed E-state index contributed by atoms with van der Waals surface area (Å²) in [5.41, 5.74) is 2.77. The van der Waals surface area contributed by atoms with Crippen molar-refractivity contribution in [1.82, 2.24) is 35.1 Å². The highest BCUT2D eigenvalue weighted by atomic mass is 16.6. The van der Waals surface area contributed by atoms with Crippen molar-refractivity contribution in [2.75, 3.05) is 44.6 Å². The van der Waals surface area contributed by atoms with Crippen LogP contribution in [0.5, 0.6) is 0 Å². The van der Waals surface area contributed by atoms with Gasteiger partial charge in [0.2, 0.25) is 5.82 Å². The third-order valence-corrected chi connectivity index (χ3v) is 9.91. The van der Waals surface area contributed by atoms with Crippen LogP contribution in [0.1, 0.15) is 67.5 Å². The molecule has 0 unspecified atom stereocenters. The molecule has 0 saturated carbocycles. The van der Waals surface area contributed by atoms with E-state index < -0.39 is 36.4 Å². The maximum Gasteiger partial charge on any atom is 0.289 e. The molecular weight excluding hydrogens is 636 g/mol. The fraction of sp³-hybridized carbons (Fsp3) is 0.486. The minimum Gasteiger partial charge on any atom is -0.387 e. The van der Waals surface area contributed by atoms with Crippen LogP contribution in [0.25, 0.3) is 11.2 Å². The number of aliphatic hydroxyl groups is 2. The molecule has 2 amide bonds. The summed E-state index contributed by atoms with van der Waals surface area (Å²) in [6.07, 6.45) is -1.68. The number of nitrogens with zero attached hydrogens (tertiary/aromatic N) is 5. The van der Waals surface area contributed by atoms with E-state index in [1.54, 1.807) is 6.92 Å². The van der Waals surface area contributed by atoms with Gasteiger partial charge in [0.25, 0.3) is 11.8 Å². The summed E-state index contributed by atoms with van der Waals surface area (Å²) >= 11 is 0. The molecule has 50 heavy (non-hydrogen) atoms. The second-order valence-electron chi connectivity index (χ2n) is 13.5. The number of nitrogens with one attached hydrogen (secondary N) is 3. The predicted octanol–water partition coefficient (Wildman–Crippen LogP) is 2.92. The van der Waals surface area contributed by atoms with E-state index in [1.807, 2.05) is 36.4 Å². The van der Waals surface area contributed by atoms with E-state index in [1.165, 1.54) is 10.9 Å². The second-order valence-corrected chi connectivity index (χ2v) is 13.5. The molecule has 0 radical (unpaired) electrons. The number of imidazole rings is 1. The highest BCUT2D eigenvalue weighted by molar-refractivity contribution is 5.94. The number of aromatic nitrogens is 4. The highest BCUT2D eigenvalue weighted by Crippen LogP contribution is 2.33. The number of anilines is 1. The quantitative estimate of drug-likeness (QED) is 0.141. The predicted molar refractivity (Wildman–Crippen MR) is 189 cm³/mol. The van der Waals surface area contributed by atoms with Gasteiger partial charge in [-0.3, -0.25) is 14.2 Å². The molecule has 0 spiro atoms. The molecule has 5 N–H and O–H groups in total. The van der Waals surface area contributed by atoms with Crippen LogP contribution >= 0.6 is 0 Å². The van der Waals surface area contributed by atoms with Crippen molar-refractivity contribution in [3.05, 3.63) is 83.9 Å². The third-order valence-electron chi connectivity index (χ3n) is 9.91. The van der Waals surface area contributed by atoms with Gasteiger partial charge in [-0.25, -0.2) is 15.0 Å². The molecule has 2 saturated heterocycles. The lowest BCUT2D eigenvalue weighted by molar-refractivity contribution is -0.137. The average molecular weight is 685 g/mol. The average Bonchev–Trinajstić information content (AvgIpc) is 3.69. The molecule has 13 heteroatoms. The zero-order valence-electron chi connectivity index (χ0n) is 28.9. The SMILES string of the molecule is CCNC(=O)[C@H]1O[C@@H](n2cnc3c(NCC(c4ccccc4)c4ccccc4)nc(C(=O)NCCN4CCC(C(C)C)CC4)nc32)[C@H](O)[C@@H]1O. The van der Waals surface area contributed by atoms with Crippen molar-refractivity contribution in [3.63, 3.8) is 0 Å². The summed E-state index contributed by atoms with van der Waals surface area (Å²) in [7, 11) is 0. The molecular formula is C37H48N8O5. The summed E-state index contributed by atoms with van der Waals surface area (Å²) in [5.74, 6) is 0.632. The number of rotatable bonds is 13. The maximum absolute atomic E-state index is 13.6. The zero-order valence-corrected chi connectivity index (χ0v) is 28.9. The number of carbonyl (C=O) groups is 2. The van der Waals surface area contributed by atoms with Gasteiger partial charge in [-0.05, 0) is 55.8 Å². The zero-order chi connectivity index (χ0) is 35.2. The molecule has 0 aliphatic carbocycles. The van der Waals surface area contributed by atoms with Crippen LogP contribution in [-0.2, 0) is 9.53 Å². The van der Waals surface area contributed by atoms with Crippen molar-refractivity contribution in [2.45, 2.75) is 64.1 Å². The van der Waals surface area contributed by atoms with Crippen molar-refractivity contribution >= 4 is 28.8 Å². The van der Waals surface area contributed by atoms with Crippen LogP contribution in [0.2, 0.25) is 0 Å². The normalized spacial score (nSPS) is 21.6. The number of likely N-dealkylation sites (N-methyl/N-ethyl adjacent to an activating group) is 1. The van der Waals surface area contributed by atoms with E-state index in [4.69, 9.17) is 4.74 Å². The molecule has 13 nitrogen and oxygen atoms in total. The van der Waals surface area contributed by atoms with Crippen LogP contribution in [0.4, 0.5) is 5.82 Å². The Morgan fingerprint density at radius 2 is 1.60 bits per heavy atom. The Kier molecular flexibility index (Phi) is 11.4. The number of hydrogen-bond donors (Lipinski definition) is 5. The Hall–Kier alpha value is -4.43. The van der Waals surface area contributed by atoms with E-state index in [0.29, 0.717) is 36.9 Å². The van der Waals surface area contributed by atoms with Gasteiger partial charge < -0.3 is 35.8 Å². The second kappa shape index (κ2) is 16.1.